The van der Waals surface area contributed by atoms with Gasteiger partial charge in [0.05, 0.1) is 12.8 Å². The lowest BCUT2D eigenvalue weighted by atomic mass is 10.2. The van der Waals surface area contributed by atoms with Crippen LogP contribution in [0.25, 0.3) is 0 Å². The van der Waals surface area contributed by atoms with Gasteiger partial charge < -0.3 is 19.7 Å². The number of fused-ring (bicyclic) bond motifs is 1. The number of ether oxygens (including phenoxy) is 2. The van der Waals surface area contributed by atoms with Gasteiger partial charge in [0.2, 0.25) is 6.10 Å². The zero-order chi connectivity index (χ0) is 19.9. The summed E-state index contributed by atoms with van der Waals surface area (Å²) in [6.45, 7) is -0.122. The SMILES string of the molecule is CN(C)c1ccc(/C=N\NC(=O)CNC(=O)[C@@H]2COc3ccccc3O2)cc1. The molecule has 0 radical (unpaired) electrons. The number of amides is 2. The molecule has 1 atom stereocenters. The molecule has 2 aromatic rings. The first-order chi connectivity index (χ1) is 13.5. The Morgan fingerprint density at radius 3 is 2.57 bits per heavy atom. The summed E-state index contributed by atoms with van der Waals surface area (Å²) in [4.78, 5) is 26.0. The zero-order valence-electron chi connectivity index (χ0n) is 15.7. The van der Waals surface area contributed by atoms with Gasteiger partial charge in [0, 0.05) is 19.8 Å². The average molecular weight is 382 g/mol. The van der Waals surface area contributed by atoms with Crippen molar-refractivity contribution in [3.63, 3.8) is 0 Å². The van der Waals surface area contributed by atoms with Gasteiger partial charge >= 0.3 is 0 Å². The van der Waals surface area contributed by atoms with E-state index in [-0.39, 0.29) is 13.2 Å². The van der Waals surface area contributed by atoms with E-state index in [4.69, 9.17) is 9.47 Å². The van der Waals surface area contributed by atoms with Crippen LogP contribution in [0.4, 0.5) is 5.69 Å². The summed E-state index contributed by atoms with van der Waals surface area (Å²) in [7, 11) is 3.92. The molecule has 0 fully saturated rings. The number of hydrogen-bond acceptors (Lipinski definition) is 6. The molecule has 0 aliphatic carbocycles. The van der Waals surface area contributed by atoms with Crippen molar-refractivity contribution in [1.82, 2.24) is 10.7 Å². The molecular formula is C20H22N4O4. The molecule has 1 heterocycles. The van der Waals surface area contributed by atoms with Gasteiger partial charge in [0.1, 0.15) is 6.61 Å². The Kier molecular flexibility index (Phi) is 6.11. The molecule has 28 heavy (non-hydrogen) atoms. The molecule has 1 aliphatic rings. The van der Waals surface area contributed by atoms with E-state index in [0.29, 0.717) is 11.5 Å². The van der Waals surface area contributed by atoms with Crippen LogP contribution >= 0.6 is 0 Å². The molecule has 0 unspecified atom stereocenters. The molecule has 0 spiro atoms. The monoisotopic (exact) mass is 382 g/mol. The summed E-state index contributed by atoms with van der Waals surface area (Å²) in [5.41, 5.74) is 4.29. The van der Waals surface area contributed by atoms with Crippen LogP contribution in [0.2, 0.25) is 0 Å². The number of para-hydroxylation sites is 2. The first kappa shape index (κ1) is 19.2. The molecule has 2 N–H and O–H groups in total. The highest BCUT2D eigenvalue weighted by Gasteiger charge is 2.27. The Hall–Kier alpha value is -3.55. The quantitative estimate of drug-likeness (QED) is 0.578. The third kappa shape index (κ3) is 5.00. The molecule has 1 aliphatic heterocycles. The molecule has 2 aromatic carbocycles. The highest BCUT2D eigenvalue weighted by atomic mass is 16.6. The van der Waals surface area contributed by atoms with Crippen LogP contribution in [0.15, 0.2) is 53.6 Å². The smallest absolute Gasteiger partial charge is 0.265 e. The fraction of sp³-hybridized carbons (Fsp3) is 0.250. The maximum absolute atomic E-state index is 12.2. The number of benzene rings is 2. The maximum Gasteiger partial charge on any atom is 0.265 e. The first-order valence-corrected chi connectivity index (χ1v) is 8.78. The zero-order valence-corrected chi connectivity index (χ0v) is 15.7. The molecule has 0 bridgehead atoms. The second kappa shape index (κ2) is 8.90. The number of carbonyl (C=O) groups excluding carboxylic acids is 2. The van der Waals surface area contributed by atoms with Gasteiger partial charge in [-0.3, -0.25) is 9.59 Å². The lowest BCUT2D eigenvalue weighted by Gasteiger charge is -2.25. The highest BCUT2D eigenvalue weighted by Crippen LogP contribution is 2.30. The van der Waals surface area contributed by atoms with Crippen LogP contribution in [-0.2, 0) is 9.59 Å². The van der Waals surface area contributed by atoms with Gasteiger partial charge in [-0.2, -0.15) is 5.10 Å². The molecule has 2 amide bonds. The topological polar surface area (TPSA) is 92.3 Å². The second-order valence-electron chi connectivity index (χ2n) is 6.36. The minimum absolute atomic E-state index is 0.0889. The third-order valence-corrected chi connectivity index (χ3v) is 4.04. The maximum atomic E-state index is 12.2. The average Bonchev–Trinajstić information content (AvgIpc) is 2.72. The van der Waals surface area contributed by atoms with E-state index in [1.165, 1.54) is 6.21 Å². The van der Waals surface area contributed by atoms with E-state index in [1.54, 1.807) is 18.2 Å². The van der Waals surface area contributed by atoms with Crippen LogP contribution in [0, 0.1) is 0 Å². The fourth-order valence-corrected chi connectivity index (χ4v) is 2.51. The van der Waals surface area contributed by atoms with E-state index in [0.717, 1.165) is 11.3 Å². The van der Waals surface area contributed by atoms with Crippen molar-refractivity contribution in [2.75, 3.05) is 32.1 Å². The van der Waals surface area contributed by atoms with Crippen LogP contribution in [-0.4, -0.2) is 51.4 Å². The van der Waals surface area contributed by atoms with E-state index >= 15 is 0 Å². The summed E-state index contributed by atoms with van der Waals surface area (Å²) in [6.07, 6.45) is 0.732. The van der Waals surface area contributed by atoms with Crippen molar-refractivity contribution in [2.24, 2.45) is 5.10 Å². The summed E-state index contributed by atoms with van der Waals surface area (Å²) >= 11 is 0. The number of hydrogen-bond donors (Lipinski definition) is 2. The van der Waals surface area contributed by atoms with Crippen LogP contribution < -0.4 is 25.1 Å². The van der Waals surface area contributed by atoms with E-state index in [1.807, 2.05) is 49.3 Å². The van der Waals surface area contributed by atoms with Crippen molar-refractivity contribution >= 4 is 23.7 Å². The van der Waals surface area contributed by atoms with Gasteiger partial charge in [0.25, 0.3) is 11.8 Å². The molecule has 146 valence electrons. The van der Waals surface area contributed by atoms with Gasteiger partial charge in [-0.05, 0) is 29.8 Å². The molecular weight excluding hydrogens is 360 g/mol. The van der Waals surface area contributed by atoms with Crippen molar-refractivity contribution < 1.29 is 19.1 Å². The Bertz CT molecular complexity index is 865. The van der Waals surface area contributed by atoms with E-state index < -0.39 is 17.9 Å². The number of nitrogens with one attached hydrogen (secondary N) is 2. The van der Waals surface area contributed by atoms with Gasteiger partial charge in [-0.15, -0.1) is 0 Å². The van der Waals surface area contributed by atoms with E-state index in [9.17, 15) is 9.59 Å². The van der Waals surface area contributed by atoms with E-state index in [2.05, 4.69) is 15.8 Å². The first-order valence-electron chi connectivity index (χ1n) is 8.78. The second-order valence-corrected chi connectivity index (χ2v) is 6.36. The lowest BCUT2D eigenvalue weighted by Crippen LogP contribution is -2.46. The lowest BCUT2D eigenvalue weighted by molar-refractivity contribution is -0.132. The molecule has 0 saturated heterocycles. The highest BCUT2D eigenvalue weighted by molar-refractivity contribution is 5.88. The summed E-state index contributed by atoms with van der Waals surface area (Å²) < 4.78 is 11.1. The fourth-order valence-electron chi connectivity index (χ4n) is 2.51. The largest absolute Gasteiger partial charge is 0.485 e. The summed E-state index contributed by atoms with van der Waals surface area (Å²) in [5.74, 6) is 0.236. The Labute approximate surface area is 163 Å². The number of hydrazone groups is 1. The van der Waals surface area contributed by atoms with Crippen molar-refractivity contribution in [2.45, 2.75) is 6.10 Å². The Morgan fingerprint density at radius 1 is 1.14 bits per heavy atom. The van der Waals surface area contributed by atoms with Crippen LogP contribution in [0.5, 0.6) is 11.5 Å². The molecule has 0 saturated carbocycles. The minimum Gasteiger partial charge on any atom is -0.485 e. The number of anilines is 1. The Balaban J connectivity index is 1.42. The number of nitrogens with zero attached hydrogens (tertiary/aromatic N) is 2. The molecule has 8 nitrogen and oxygen atoms in total. The van der Waals surface area contributed by atoms with Crippen molar-refractivity contribution in [3.8, 4) is 11.5 Å². The van der Waals surface area contributed by atoms with Gasteiger partial charge in [-0.1, -0.05) is 24.3 Å². The predicted octanol–water partition coefficient (Wildman–Crippen LogP) is 1.16. The van der Waals surface area contributed by atoms with Crippen LogP contribution in [0.3, 0.4) is 0 Å². The van der Waals surface area contributed by atoms with Crippen LogP contribution in [0.1, 0.15) is 5.56 Å². The van der Waals surface area contributed by atoms with Crippen molar-refractivity contribution in [1.29, 1.82) is 0 Å². The summed E-state index contributed by atoms with van der Waals surface area (Å²) in [5, 5.41) is 6.41. The predicted molar refractivity (Wildman–Crippen MR) is 106 cm³/mol. The third-order valence-electron chi connectivity index (χ3n) is 4.04. The van der Waals surface area contributed by atoms with Crippen molar-refractivity contribution in [3.05, 3.63) is 54.1 Å². The minimum atomic E-state index is -0.804. The molecule has 8 heteroatoms. The summed E-state index contributed by atoms with van der Waals surface area (Å²) in [6, 6.07) is 14.8. The molecule has 0 aromatic heterocycles. The normalized spacial score (nSPS) is 15.1. The number of carbonyl (C=O) groups is 2. The Morgan fingerprint density at radius 2 is 1.86 bits per heavy atom. The standard InChI is InChI=1S/C20H22N4O4/c1-24(2)15-9-7-14(8-10-15)11-22-23-19(25)12-21-20(26)18-13-27-16-5-3-4-6-17(16)28-18/h3-11,18H,12-13H2,1-2H3,(H,21,26)(H,23,25)/b22-11-/t18-/m0/s1. The number of rotatable bonds is 6. The molecule has 3 rings (SSSR count). The van der Waals surface area contributed by atoms with Gasteiger partial charge in [-0.25, -0.2) is 5.43 Å². The van der Waals surface area contributed by atoms with Gasteiger partial charge in [0.15, 0.2) is 11.5 Å².